The summed E-state index contributed by atoms with van der Waals surface area (Å²) < 4.78 is 28.5. The van der Waals surface area contributed by atoms with Crippen molar-refractivity contribution in [2.24, 2.45) is 10.9 Å². The summed E-state index contributed by atoms with van der Waals surface area (Å²) in [6.45, 7) is 16.7. The van der Waals surface area contributed by atoms with E-state index in [1.54, 1.807) is 7.11 Å². The van der Waals surface area contributed by atoms with Gasteiger partial charge in [0.25, 0.3) is 0 Å². The first-order chi connectivity index (χ1) is 16.4. The third kappa shape index (κ3) is 8.47. The predicted octanol–water partition coefficient (Wildman–Crippen LogP) is 5.55. The Bertz CT molecular complexity index is 888. The van der Waals surface area contributed by atoms with Crippen molar-refractivity contribution in [1.29, 1.82) is 0 Å². The number of esters is 1. The zero-order valence-corrected chi connectivity index (χ0v) is 23.8. The van der Waals surface area contributed by atoms with Crippen molar-refractivity contribution in [2.45, 2.75) is 77.9 Å². The second-order valence-electron chi connectivity index (χ2n) is 10.6. The lowest BCUT2D eigenvalue weighted by molar-refractivity contribution is -0.142. The Labute approximate surface area is 212 Å². The molecule has 7 nitrogen and oxygen atoms in total. The van der Waals surface area contributed by atoms with Crippen LogP contribution >= 0.6 is 0 Å². The fourth-order valence-electron chi connectivity index (χ4n) is 3.34. The van der Waals surface area contributed by atoms with Crippen molar-refractivity contribution in [2.75, 3.05) is 27.4 Å². The van der Waals surface area contributed by atoms with Crippen molar-refractivity contribution >= 4 is 20.2 Å². The highest BCUT2D eigenvalue weighted by atomic mass is 28.4. The second kappa shape index (κ2) is 12.7. The van der Waals surface area contributed by atoms with Crippen molar-refractivity contribution in [3.8, 4) is 5.75 Å². The van der Waals surface area contributed by atoms with Gasteiger partial charge in [-0.25, -0.2) is 9.79 Å². The molecule has 0 fully saturated rings. The van der Waals surface area contributed by atoms with Gasteiger partial charge >= 0.3 is 5.97 Å². The summed E-state index contributed by atoms with van der Waals surface area (Å²) >= 11 is 0. The molecule has 1 aromatic rings. The fourth-order valence-corrected chi connectivity index (χ4v) is 4.65. The van der Waals surface area contributed by atoms with Gasteiger partial charge in [-0.15, -0.1) is 0 Å². The normalized spacial score (nSPS) is 18.5. The molecular weight excluding hydrogens is 462 g/mol. The second-order valence-corrected chi connectivity index (χ2v) is 15.4. The van der Waals surface area contributed by atoms with Gasteiger partial charge in [0, 0.05) is 0 Å². The number of hydrogen-bond donors (Lipinski definition) is 0. The Morgan fingerprint density at radius 1 is 1.23 bits per heavy atom. The molecule has 0 unspecified atom stereocenters. The Hall–Kier alpha value is -2.16. The first kappa shape index (κ1) is 29.1. The molecule has 0 radical (unpaired) electrons. The van der Waals surface area contributed by atoms with Gasteiger partial charge in [0.2, 0.25) is 0 Å². The molecule has 196 valence electrons. The largest absolute Gasteiger partial charge is 0.497 e. The van der Waals surface area contributed by atoms with E-state index in [0.29, 0.717) is 19.1 Å². The van der Waals surface area contributed by atoms with Crippen LogP contribution in [-0.2, 0) is 30.0 Å². The molecular formula is C27H43NO6Si. The summed E-state index contributed by atoms with van der Waals surface area (Å²) in [5.41, 5.74) is 2.29. The maximum atomic E-state index is 11.9. The van der Waals surface area contributed by atoms with Gasteiger partial charge in [0.15, 0.2) is 20.3 Å². The molecule has 1 aromatic carbocycles. The summed E-state index contributed by atoms with van der Waals surface area (Å²) in [4.78, 5) is 16.4. The van der Waals surface area contributed by atoms with E-state index in [9.17, 15) is 4.79 Å². The molecule has 0 aromatic heterocycles. The van der Waals surface area contributed by atoms with Crippen LogP contribution in [-0.4, -0.2) is 59.8 Å². The Balaban J connectivity index is 2.07. The summed E-state index contributed by atoms with van der Waals surface area (Å²) in [5, 5.41) is 0.0566. The molecule has 1 aliphatic heterocycles. The van der Waals surface area contributed by atoms with Crippen molar-refractivity contribution < 1.29 is 28.2 Å². The van der Waals surface area contributed by atoms with Crippen LogP contribution in [0.4, 0.5) is 0 Å². The number of aliphatic imine (C=N–C) groups is 1. The monoisotopic (exact) mass is 505 g/mol. The number of rotatable bonds is 12. The van der Waals surface area contributed by atoms with Crippen LogP contribution in [0.1, 0.15) is 46.6 Å². The standard InChI is InChI=1S/C27H43NO6Si/c1-19(14-15-32-17-21-10-12-22(30-6)13-11-21)16-24(34-35(8,9)27(3,4)5)20(2)25-28-23(18-33-25)26(29)31-7/h10-13,16,20,23-24H,14-15,17-18H2,1-9H3/b19-16+/t20-,23-,24+/m0/s1. The zero-order valence-electron chi connectivity index (χ0n) is 22.8. The third-order valence-corrected chi connectivity index (χ3v) is 11.3. The van der Waals surface area contributed by atoms with E-state index < -0.39 is 14.4 Å². The van der Waals surface area contributed by atoms with E-state index in [-0.39, 0.29) is 29.6 Å². The van der Waals surface area contributed by atoms with E-state index in [1.165, 1.54) is 12.7 Å². The van der Waals surface area contributed by atoms with Crippen LogP contribution < -0.4 is 4.74 Å². The van der Waals surface area contributed by atoms with Gasteiger partial charge in [-0.05, 0) is 49.2 Å². The SMILES string of the molecule is COC(=O)[C@@H]1COC([C@@H](C)[C@@H](/C=C(\C)CCOCc2ccc(OC)cc2)O[Si](C)(C)C(C)(C)C)=N1. The van der Waals surface area contributed by atoms with E-state index in [1.807, 2.05) is 31.2 Å². The van der Waals surface area contributed by atoms with Gasteiger partial charge in [0.1, 0.15) is 12.4 Å². The number of ether oxygens (including phenoxy) is 4. The van der Waals surface area contributed by atoms with Crippen molar-refractivity contribution in [3.05, 3.63) is 41.5 Å². The van der Waals surface area contributed by atoms with Gasteiger partial charge in [-0.2, -0.15) is 0 Å². The van der Waals surface area contributed by atoms with Crippen LogP contribution in [0.25, 0.3) is 0 Å². The summed E-state index contributed by atoms with van der Waals surface area (Å²) in [6.07, 6.45) is 2.74. The van der Waals surface area contributed by atoms with Crippen molar-refractivity contribution in [3.63, 3.8) is 0 Å². The van der Waals surface area contributed by atoms with Crippen LogP contribution in [0.2, 0.25) is 18.1 Å². The van der Waals surface area contributed by atoms with Gasteiger partial charge in [-0.3, -0.25) is 0 Å². The van der Waals surface area contributed by atoms with E-state index in [2.05, 4.69) is 51.9 Å². The molecule has 3 atom stereocenters. The molecule has 35 heavy (non-hydrogen) atoms. The number of benzene rings is 1. The minimum absolute atomic E-state index is 0.0566. The molecule has 0 aliphatic carbocycles. The summed E-state index contributed by atoms with van der Waals surface area (Å²) in [7, 11) is 0.953. The number of carbonyl (C=O) groups is 1. The molecule has 1 aliphatic rings. The summed E-state index contributed by atoms with van der Waals surface area (Å²) in [6, 6.07) is 7.29. The Morgan fingerprint density at radius 2 is 1.89 bits per heavy atom. The predicted molar refractivity (Wildman–Crippen MR) is 141 cm³/mol. The minimum atomic E-state index is -2.07. The van der Waals surface area contributed by atoms with Gasteiger partial charge in [-0.1, -0.05) is 51.5 Å². The lowest BCUT2D eigenvalue weighted by atomic mass is 10.0. The highest BCUT2D eigenvalue weighted by Crippen LogP contribution is 2.38. The highest BCUT2D eigenvalue weighted by Gasteiger charge is 2.41. The van der Waals surface area contributed by atoms with Gasteiger partial charge in [0.05, 0.1) is 39.5 Å². The maximum Gasteiger partial charge on any atom is 0.334 e. The number of nitrogens with zero attached hydrogens (tertiary/aromatic N) is 1. The van der Waals surface area contributed by atoms with Crippen LogP contribution in [0.15, 0.2) is 40.9 Å². The quantitative estimate of drug-likeness (QED) is 0.161. The average Bonchev–Trinajstić information content (AvgIpc) is 3.30. The molecule has 1 heterocycles. The topological polar surface area (TPSA) is 75.6 Å². The maximum absolute atomic E-state index is 11.9. The Morgan fingerprint density at radius 3 is 2.46 bits per heavy atom. The number of carbonyl (C=O) groups excluding carboxylic acids is 1. The first-order valence-corrected chi connectivity index (χ1v) is 15.1. The lowest BCUT2D eigenvalue weighted by Gasteiger charge is -2.40. The molecule has 0 bridgehead atoms. The first-order valence-electron chi connectivity index (χ1n) is 12.2. The molecule has 2 rings (SSSR count). The lowest BCUT2D eigenvalue weighted by Crippen LogP contribution is -2.46. The molecule has 0 saturated heterocycles. The fraction of sp³-hybridized carbons (Fsp3) is 0.630. The average molecular weight is 506 g/mol. The molecule has 0 spiro atoms. The number of methoxy groups -OCH3 is 2. The van der Waals surface area contributed by atoms with Crippen LogP contribution in [0.5, 0.6) is 5.75 Å². The Kier molecular flexibility index (Phi) is 10.5. The summed E-state index contributed by atoms with van der Waals surface area (Å²) in [5.74, 6) is 0.871. The molecule has 0 amide bonds. The third-order valence-electron chi connectivity index (χ3n) is 6.78. The molecule has 0 saturated carbocycles. The highest BCUT2D eigenvalue weighted by molar-refractivity contribution is 6.74. The van der Waals surface area contributed by atoms with E-state index in [0.717, 1.165) is 17.7 Å². The van der Waals surface area contributed by atoms with E-state index >= 15 is 0 Å². The molecule has 8 heteroatoms. The van der Waals surface area contributed by atoms with Crippen LogP contribution in [0.3, 0.4) is 0 Å². The zero-order chi connectivity index (χ0) is 26.2. The van der Waals surface area contributed by atoms with Crippen molar-refractivity contribution in [1.82, 2.24) is 0 Å². The van der Waals surface area contributed by atoms with Gasteiger partial charge < -0.3 is 23.4 Å². The number of hydrogen-bond acceptors (Lipinski definition) is 7. The minimum Gasteiger partial charge on any atom is -0.497 e. The van der Waals surface area contributed by atoms with Crippen LogP contribution in [0, 0.1) is 5.92 Å². The van der Waals surface area contributed by atoms with E-state index in [4.69, 9.17) is 23.4 Å². The smallest absolute Gasteiger partial charge is 0.334 e. The molecule has 0 N–H and O–H groups in total.